The number of ether oxygens (including phenoxy) is 1. The quantitative estimate of drug-likeness (QED) is 0.800. The van der Waals surface area contributed by atoms with Crippen LogP contribution in [0, 0.1) is 6.92 Å². The fraction of sp³-hybridized carbons (Fsp3) is 0.500. The Balaban J connectivity index is 1.60. The van der Waals surface area contributed by atoms with Crippen LogP contribution in [0.25, 0.3) is 6.08 Å². The molecular formula is C18H24N2O2. The summed E-state index contributed by atoms with van der Waals surface area (Å²) in [6, 6.07) is 6.78. The van der Waals surface area contributed by atoms with E-state index >= 15 is 0 Å². The van der Waals surface area contributed by atoms with Crippen LogP contribution in [0.5, 0.6) is 5.75 Å². The number of hydrogen-bond donors (Lipinski definition) is 0. The van der Waals surface area contributed by atoms with Crippen molar-refractivity contribution in [2.24, 2.45) is 0 Å². The monoisotopic (exact) mass is 300 g/mol. The van der Waals surface area contributed by atoms with Gasteiger partial charge in [0.2, 0.25) is 5.91 Å². The number of methoxy groups -OCH3 is 1. The smallest absolute Gasteiger partial charge is 0.246 e. The van der Waals surface area contributed by atoms with Gasteiger partial charge in [0.25, 0.3) is 0 Å². The molecule has 1 aliphatic carbocycles. The van der Waals surface area contributed by atoms with Gasteiger partial charge in [0.05, 0.1) is 7.11 Å². The number of carbonyl (C=O) groups excluding carboxylic acids is 1. The van der Waals surface area contributed by atoms with E-state index in [0.717, 1.165) is 49.1 Å². The largest absolute Gasteiger partial charge is 0.496 e. The van der Waals surface area contributed by atoms with E-state index in [9.17, 15) is 4.79 Å². The molecule has 0 atom stereocenters. The summed E-state index contributed by atoms with van der Waals surface area (Å²) in [4.78, 5) is 16.8. The van der Waals surface area contributed by atoms with Crippen LogP contribution in [0.3, 0.4) is 0 Å². The second-order valence-electron chi connectivity index (χ2n) is 6.17. The van der Waals surface area contributed by atoms with E-state index in [4.69, 9.17) is 4.74 Å². The molecule has 4 heteroatoms. The van der Waals surface area contributed by atoms with Crippen LogP contribution in [0.4, 0.5) is 0 Å². The van der Waals surface area contributed by atoms with Crippen molar-refractivity contribution in [3.63, 3.8) is 0 Å². The van der Waals surface area contributed by atoms with Gasteiger partial charge in [-0.25, -0.2) is 0 Å². The third kappa shape index (κ3) is 3.50. The SMILES string of the molecule is COc1ccc(C)cc1C=CC(=O)N1CCN(C2CC2)CC1. The molecule has 0 bridgehead atoms. The number of hydrogen-bond acceptors (Lipinski definition) is 3. The summed E-state index contributed by atoms with van der Waals surface area (Å²) in [7, 11) is 1.65. The van der Waals surface area contributed by atoms with Crippen LogP contribution in [0.2, 0.25) is 0 Å². The first kappa shape index (κ1) is 15.1. The fourth-order valence-electron chi connectivity index (χ4n) is 3.00. The van der Waals surface area contributed by atoms with E-state index in [2.05, 4.69) is 4.90 Å². The molecule has 22 heavy (non-hydrogen) atoms. The Labute approximate surface area is 132 Å². The summed E-state index contributed by atoms with van der Waals surface area (Å²) < 4.78 is 5.34. The number of amides is 1. The van der Waals surface area contributed by atoms with Crippen molar-refractivity contribution in [1.82, 2.24) is 9.80 Å². The molecule has 2 aliphatic rings. The van der Waals surface area contributed by atoms with Crippen LogP contribution in [0.1, 0.15) is 24.0 Å². The summed E-state index contributed by atoms with van der Waals surface area (Å²) in [6.07, 6.45) is 6.20. The van der Waals surface area contributed by atoms with E-state index in [-0.39, 0.29) is 5.91 Å². The minimum atomic E-state index is 0.0963. The van der Waals surface area contributed by atoms with Gasteiger partial charge in [0.1, 0.15) is 5.75 Å². The zero-order chi connectivity index (χ0) is 15.5. The van der Waals surface area contributed by atoms with Crippen LogP contribution in [-0.2, 0) is 4.79 Å². The fourth-order valence-corrected chi connectivity index (χ4v) is 3.00. The summed E-state index contributed by atoms with van der Waals surface area (Å²) in [5, 5.41) is 0. The molecule has 0 radical (unpaired) electrons. The van der Waals surface area contributed by atoms with Crippen LogP contribution in [0.15, 0.2) is 24.3 Å². The Morgan fingerprint density at radius 1 is 1.23 bits per heavy atom. The van der Waals surface area contributed by atoms with Crippen LogP contribution >= 0.6 is 0 Å². The van der Waals surface area contributed by atoms with Crippen LogP contribution < -0.4 is 4.74 Å². The highest BCUT2D eigenvalue weighted by molar-refractivity contribution is 5.92. The molecule has 0 spiro atoms. The molecule has 0 unspecified atom stereocenters. The first-order valence-electron chi connectivity index (χ1n) is 8.03. The number of rotatable bonds is 4. The topological polar surface area (TPSA) is 32.8 Å². The molecule has 4 nitrogen and oxygen atoms in total. The zero-order valence-corrected chi connectivity index (χ0v) is 13.4. The van der Waals surface area contributed by atoms with Gasteiger partial charge in [0.15, 0.2) is 0 Å². The average molecular weight is 300 g/mol. The predicted octanol–water partition coefficient (Wildman–Crippen LogP) is 2.32. The van der Waals surface area contributed by atoms with Gasteiger partial charge >= 0.3 is 0 Å². The van der Waals surface area contributed by atoms with Crippen molar-refractivity contribution in [1.29, 1.82) is 0 Å². The van der Waals surface area contributed by atoms with Gasteiger partial charge in [-0.2, -0.15) is 0 Å². The lowest BCUT2D eigenvalue weighted by Crippen LogP contribution is -2.48. The lowest BCUT2D eigenvalue weighted by atomic mass is 10.1. The van der Waals surface area contributed by atoms with Gasteiger partial charge in [-0.15, -0.1) is 0 Å². The normalized spacial score (nSPS) is 19.6. The maximum absolute atomic E-state index is 12.3. The summed E-state index contributed by atoms with van der Waals surface area (Å²) in [6.45, 7) is 5.74. The van der Waals surface area contributed by atoms with E-state index in [1.54, 1.807) is 13.2 Å². The molecule has 1 heterocycles. The highest BCUT2D eigenvalue weighted by Gasteiger charge is 2.31. The van der Waals surface area contributed by atoms with Gasteiger partial charge in [-0.3, -0.25) is 9.69 Å². The molecule has 1 amide bonds. The summed E-state index contributed by atoms with van der Waals surface area (Å²) in [5.41, 5.74) is 2.11. The van der Waals surface area contributed by atoms with E-state index in [1.807, 2.05) is 36.1 Å². The third-order valence-corrected chi connectivity index (χ3v) is 4.48. The molecule has 1 aromatic rings. The van der Waals surface area contributed by atoms with Gasteiger partial charge < -0.3 is 9.64 Å². The molecule has 1 saturated carbocycles. The first-order chi connectivity index (χ1) is 10.7. The van der Waals surface area contributed by atoms with Crippen molar-refractivity contribution in [3.05, 3.63) is 35.4 Å². The van der Waals surface area contributed by atoms with E-state index in [0.29, 0.717) is 0 Å². The first-order valence-corrected chi connectivity index (χ1v) is 8.03. The maximum atomic E-state index is 12.3. The Morgan fingerprint density at radius 2 is 1.95 bits per heavy atom. The molecule has 1 saturated heterocycles. The van der Waals surface area contributed by atoms with Crippen molar-refractivity contribution >= 4 is 12.0 Å². The van der Waals surface area contributed by atoms with E-state index in [1.165, 1.54) is 12.8 Å². The Kier molecular flexibility index (Phi) is 4.48. The second kappa shape index (κ2) is 6.53. The minimum absolute atomic E-state index is 0.0963. The highest BCUT2D eigenvalue weighted by atomic mass is 16.5. The number of nitrogens with zero attached hydrogens (tertiary/aromatic N) is 2. The summed E-state index contributed by atoms with van der Waals surface area (Å²) in [5.74, 6) is 0.896. The van der Waals surface area contributed by atoms with Crippen molar-refractivity contribution in [3.8, 4) is 5.75 Å². The van der Waals surface area contributed by atoms with Crippen molar-refractivity contribution < 1.29 is 9.53 Å². The zero-order valence-electron chi connectivity index (χ0n) is 13.4. The molecule has 0 aromatic heterocycles. The molecular weight excluding hydrogens is 276 g/mol. The second-order valence-corrected chi connectivity index (χ2v) is 6.17. The maximum Gasteiger partial charge on any atom is 0.246 e. The average Bonchev–Trinajstić information content (AvgIpc) is 3.38. The molecule has 1 aliphatic heterocycles. The summed E-state index contributed by atoms with van der Waals surface area (Å²) >= 11 is 0. The van der Waals surface area contributed by atoms with Gasteiger partial charge in [-0.05, 0) is 38.0 Å². The number of benzene rings is 1. The Bertz CT molecular complexity index is 570. The molecule has 1 aromatic carbocycles. The van der Waals surface area contributed by atoms with E-state index < -0.39 is 0 Å². The number of piperazine rings is 1. The van der Waals surface area contributed by atoms with Gasteiger partial charge in [-0.1, -0.05) is 11.6 Å². The lowest BCUT2D eigenvalue weighted by Gasteiger charge is -2.34. The number of aryl methyl sites for hydroxylation is 1. The van der Waals surface area contributed by atoms with Crippen molar-refractivity contribution in [2.45, 2.75) is 25.8 Å². The Hall–Kier alpha value is -1.81. The predicted molar refractivity (Wildman–Crippen MR) is 87.9 cm³/mol. The Morgan fingerprint density at radius 3 is 2.59 bits per heavy atom. The number of carbonyl (C=O) groups is 1. The minimum Gasteiger partial charge on any atom is -0.496 e. The lowest BCUT2D eigenvalue weighted by molar-refractivity contribution is -0.127. The third-order valence-electron chi connectivity index (χ3n) is 4.48. The molecule has 118 valence electrons. The van der Waals surface area contributed by atoms with Crippen molar-refractivity contribution in [2.75, 3.05) is 33.3 Å². The molecule has 3 rings (SSSR count). The van der Waals surface area contributed by atoms with Gasteiger partial charge in [0, 0.05) is 43.9 Å². The molecule has 2 fully saturated rings. The standard InChI is InChI=1S/C18H24N2O2/c1-14-3-7-17(22-2)15(13-14)4-8-18(21)20-11-9-19(10-12-20)16-5-6-16/h3-4,7-8,13,16H,5-6,9-12H2,1-2H3. The molecule has 0 N–H and O–H groups in total. The van der Waals surface area contributed by atoms with Crippen LogP contribution in [-0.4, -0.2) is 55.0 Å². The highest BCUT2D eigenvalue weighted by Crippen LogP contribution is 2.27.